The van der Waals surface area contributed by atoms with Gasteiger partial charge in [0.25, 0.3) is 0 Å². The van der Waals surface area contributed by atoms with Gasteiger partial charge in [-0.2, -0.15) is 0 Å². The highest BCUT2D eigenvalue weighted by atomic mass is 15.1. The van der Waals surface area contributed by atoms with E-state index in [2.05, 4.69) is 216 Å². The van der Waals surface area contributed by atoms with Crippen molar-refractivity contribution in [2.75, 3.05) is 4.90 Å². The Bertz CT molecular complexity index is 2910. The molecular weight excluding hydrogens is 629 g/mol. The molecule has 2 heteroatoms. The van der Waals surface area contributed by atoms with Gasteiger partial charge >= 0.3 is 0 Å². The Morgan fingerprint density at radius 2 is 0.885 bits per heavy atom. The summed E-state index contributed by atoms with van der Waals surface area (Å²) in [4.78, 5) is 2.38. The summed E-state index contributed by atoms with van der Waals surface area (Å²) in [7, 11) is 0. The fourth-order valence-corrected chi connectivity index (χ4v) is 8.01. The molecule has 2 nitrogen and oxygen atoms in total. The molecule has 52 heavy (non-hydrogen) atoms. The zero-order valence-electron chi connectivity index (χ0n) is 28.5. The van der Waals surface area contributed by atoms with Crippen molar-refractivity contribution in [2.45, 2.75) is 0 Å². The van der Waals surface area contributed by atoms with E-state index in [0.29, 0.717) is 0 Å². The van der Waals surface area contributed by atoms with Crippen molar-refractivity contribution in [1.29, 1.82) is 0 Å². The maximum atomic E-state index is 2.43. The highest BCUT2D eigenvalue weighted by Crippen LogP contribution is 2.42. The summed E-state index contributed by atoms with van der Waals surface area (Å²) in [6.07, 6.45) is 0. The van der Waals surface area contributed by atoms with Crippen LogP contribution in [0.25, 0.3) is 71.3 Å². The van der Waals surface area contributed by atoms with Gasteiger partial charge in [-0.15, -0.1) is 0 Å². The second-order valence-corrected chi connectivity index (χ2v) is 13.3. The molecule has 0 atom stereocenters. The molecule has 0 aliphatic carbocycles. The van der Waals surface area contributed by atoms with E-state index >= 15 is 0 Å². The Morgan fingerprint density at radius 1 is 0.327 bits per heavy atom. The molecule has 0 unspecified atom stereocenters. The highest BCUT2D eigenvalue weighted by Gasteiger charge is 2.18. The molecule has 1 aromatic heterocycles. The summed E-state index contributed by atoms with van der Waals surface area (Å²) in [5, 5.41) is 7.42. The number of anilines is 3. The molecule has 0 spiro atoms. The Hall–Kier alpha value is -6.90. The molecule has 0 amide bonds. The van der Waals surface area contributed by atoms with Crippen LogP contribution in [0.2, 0.25) is 0 Å². The maximum absolute atomic E-state index is 2.43. The van der Waals surface area contributed by atoms with E-state index in [-0.39, 0.29) is 0 Å². The predicted molar refractivity (Wildman–Crippen MR) is 221 cm³/mol. The third-order valence-electron chi connectivity index (χ3n) is 10.4. The number of rotatable bonds is 6. The van der Waals surface area contributed by atoms with E-state index < -0.39 is 0 Å². The Morgan fingerprint density at radius 3 is 1.69 bits per heavy atom. The van der Waals surface area contributed by atoms with Gasteiger partial charge in [0.1, 0.15) is 0 Å². The van der Waals surface area contributed by atoms with Gasteiger partial charge in [-0.25, -0.2) is 0 Å². The number of hydrogen-bond donors (Lipinski definition) is 0. The van der Waals surface area contributed by atoms with E-state index in [9.17, 15) is 0 Å². The van der Waals surface area contributed by atoms with Crippen LogP contribution < -0.4 is 4.90 Å². The van der Waals surface area contributed by atoms with Crippen LogP contribution in [0.15, 0.2) is 206 Å². The normalized spacial score (nSPS) is 11.5. The van der Waals surface area contributed by atoms with Crippen LogP contribution in [0.4, 0.5) is 17.1 Å². The van der Waals surface area contributed by atoms with E-state index in [1.54, 1.807) is 0 Å². The van der Waals surface area contributed by atoms with E-state index in [1.165, 1.54) is 71.3 Å². The number of benzene rings is 9. The first kappa shape index (κ1) is 30.0. The quantitative estimate of drug-likeness (QED) is 0.172. The molecule has 9 aromatic carbocycles. The topological polar surface area (TPSA) is 8.17 Å². The molecule has 0 fully saturated rings. The molecule has 10 aromatic rings. The van der Waals surface area contributed by atoms with Crippen LogP contribution in [0.1, 0.15) is 0 Å². The standard InChI is InChI=1S/C50H34N2/c1-2-20-39(21-3-1)51(47-29-13-17-35-15-4-6-25-43(35)47)40-22-12-19-37(33-40)41-23-8-9-24-42(41)38-31-32-50-46(34-38)45-27-10-11-28-49(45)52(50)48-30-14-18-36-16-5-7-26-44(36)48/h1-34H. The first-order chi connectivity index (χ1) is 25.8. The summed E-state index contributed by atoms with van der Waals surface area (Å²) >= 11 is 0. The number of aromatic nitrogens is 1. The van der Waals surface area contributed by atoms with Crippen molar-refractivity contribution < 1.29 is 0 Å². The van der Waals surface area contributed by atoms with Gasteiger partial charge in [0.15, 0.2) is 0 Å². The third-order valence-corrected chi connectivity index (χ3v) is 10.4. The lowest BCUT2D eigenvalue weighted by Gasteiger charge is -2.27. The average molecular weight is 663 g/mol. The van der Waals surface area contributed by atoms with Gasteiger partial charge in [0.2, 0.25) is 0 Å². The van der Waals surface area contributed by atoms with Crippen LogP contribution in [-0.2, 0) is 0 Å². The van der Waals surface area contributed by atoms with Gasteiger partial charge in [-0.3, -0.25) is 0 Å². The van der Waals surface area contributed by atoms with Crippen molar-refractivity contribution in [2.24, 2.45) is 0 Å². The SMILES string of the molecule is c1ccc(N(c2cccc(-c3ccccc3-c3ccc4c(c3)c3ccccc3n4-c3cccc4ccccc34)c2)c2cccc3ccccc23)cc1. The summed E-state index contributed by atoms with van der Waals surface area (Å²) in [6, 6.07) is 74.7. The first-order valence-electron chi connectivity index (χ1n) is 17.9. The van der Waals surface area contributed by atoms with Crippen LogP contribution in [0.3, 0.4) is 0 Å². The molecule has 0 saturated heterocycles. The van der Waals surface area contributed by atoms with Crippen molar-refractivity contribution >= 4 is 60.4 Å². The van der Waals surface area contributed by atoms with Crippen molar-refractivity contribution in [3.8, 4) is 27.9 Å². The minimum atomic E-state index is 1.11. The molecule has 0 aliphatic rings. The maximum Gasteiger partial charge on any atom is 0.0541 e. The predicted octanol–water partition coefficient (Wildman–Crippen LogP) is 13.9. The van der Waals surface area contributed by atoms with Crippen molar-refractivity contribution in [1.82, 2.24) is 4.57 Å². The Balaban J connectivity index is 1.13. The highest BCUT2D eigenvalue weighted by molar-refractivity contribution is 6.12. The minimum absolute atomic E-state index is 1.11. The Kier molecular flexibility index (Phi) is 7.18. The summed E-state index contributed by atoms with van der Waals surface area (Å²) < 4.78 is 2.43. The lowest BCUT2D eigenvalue weighted by molar-refractivity contribution is 1.20. The van der Waals surface area contributed by atoms with Crippen molar-refractivity contribution in [3.05, 3.63) is 206 Å². The zero-order valence-corrected chi connectivity index (χ0v) is 28.5. The van der Waals surface area contributed by atoms with E-state index in [4.69, 9.17) is 0 Å². The van der Waals surface area contributed by atoms with Crippen LogP contribution in [0, 0.1) is 0 Å². The molecule has 0 aliphatic heterocycles. The minimum Gasteiger partial charge on any atom is -0.310 e. The average Bonchev–Trinajstić information content (AvgIpc) is 3.55. The Labute approximate surface area is 303 Å². The molecule has 0 saturated carbocycles. The van der Waals surface area contributed by atoms with Gasteiger partial charge in [0.05, 0.1) is 22.4 Å². The lowest BCUT2D eigenvalue weighted by Crippen LogP contribution is -2.10. The van der Waals surface area contributed by atoms with E-state index in [0.717, 1.165) is 17.1 Å². The van der Waals surface area contributed by atoms with Gasteiger partial charge < -0.3 is 9.47 Å². The summed E-state index contributed by atoms with van der Waals surface area (Å²) in [5.41, 5.74) is 11.8. The fraction of sp³-hybridized carbons (Fsp3) is 0. The second kappa shape index (κ2) is 12.5. The largest absolute Gasteiger partial charge is 0.310 e. The monoisotopic (exact) mass is 662 g/mol. The molecule has 0 bridgehead atoms. The number of nitrogens with zero attached hydrogens (tertiary/aromatic N) is 2. The molecular formula is C50H34N2. The second-order valence-electron chi connectivity index (χ2n) is 13.3. The summed E-state index contributed by atoms with van der Waals surface area (Å²) in [6.45, 7) is 0. The zero-order chi connectivity index (χ0) is 34.4. The number of para-hydroxylation sites is 2. The van der Waals surface area contributed by atoms with Crippen LogP contribution in [0.5, 0.6) is 0 Å². The fourth-order valence-electron chi connectivity index (χ4n) is 8.01. The number of fused-ring (bicyclic) bond motifs is 5. The third kappa shape index (κ3) is 4.96. The number of hydrogen-bond acceptors (Lipinski definition) is 1. The smallest absolute Gasteiger partial charge is 0.0541 e. The molecule has 0 radical (unpaired) electrons. The van der Waals surface area contributed by atoms with Gasteiger partial charge in [-0.05, 0) is 87.6 Å². The van der Waals surface area contributed by atoms with Crippen LogP contribution in [-0.4, -0.2) is 4.57 Å². The van der Waals surface area contributed by atoms with Gasteiger partial charge in [0, 0.05) is 32.9 Å². The van der Waals surface area contributed by atoms with Gasteiger partial charge in [-0.1, -0.05) is 152 Å². The van der Waals surface area contributed by atoms with E-state index in [1.807, 2.05) is 0 Å². The summed E-state index contributed by atoms with van der Waals surface area (Å²) in [5.74, 6) is 0. The first-order valence-corrected chi connectivity index (χ1v) is 17.9. The lowest BCUT2D eigenvalue weighted by atomic mass is 9.93. The molecule has 10 rings (SSSR count). The van der Waals surface area contributed by atoms with Crippen LogP contribution >= 0.6 is 0 Å². The van der Waals surface area contributed by atoms with Crippen molar-refractivity contribution in [3.63, 3.8) is 0 Å². The molecule has 1 heterocycles. The molecule has 244 valence electrons. The molecule has 0 N–H and O–H groups in total.